The molecular formula is C8H18N4O. The van der Waals surface area contributed by atoms with E-state index in [4.69, 9.17) is 11.1 Å². The number of hydrogen-bond acceptors (Lipinski definition) is 5. The number of ketones is 1. The fourth-order valence-corrected chi connectivity index (χ4v) is 0.813. The third kappa shape index (κ3) is 9.13. The Morgan fingerprint density at radius 2 is 1.85 bits per heavy atom. The van der Waals surface area contributed by atoms with E-state index in [9.17, 15) is 4.79 Å². The van der Waals surface area contributed by atoms with Crippen LogP contribution in [0, 0.1) is 5.41 Å². The molecule has 0 atom stereocenters. The second kappa shape index (κ2) is 9.31. The molecule has 0 rings (SSSR count). The highest BCUT2D eigenvalue weighted by atomic mass is 16.1. The molecule has 0 aliphatic carbocycles. The fraction of sp³-hybridized carbons (Fsp3) is 0.750. The molecule has 0 amide bonds. The summed E-state index contributed by atoms with van der Waals surface area (Å²) in [7, 11) is 0. The number of nitrogens with two attached hydrogens (primary N) is 1. The number of nitrogens with one attached hydrogen (secondary N) is 3. The molecule has 76 valence electrons. The Bertz CT molecular complexity index is 149. The van der Waals surface area contributed by atoms with Gasteiger partial charge < -0.3 is 21.8 Å². The molecule has 0 saturated carbocycles. The summed E-state index contributed by atoms with van der Waals surface area (Å²) < 4.78 is 0. The van der Waals surface area contributed by atoms with Gasteiger partial charge in [-0.1, -0.05) is 0 Å². The van der Waals surface area contributed by atoms with E-state index in [1.54, 1.807) is 0 Å². The Balaban J connectivity index is 2.99. The smallest absolute Gasteiger partial charge is 0.174 e. The zero-order valence-corrected chi connectivity index (χ0v) is 7.81. The van der Waals surface area contributed by atoms with Crippen LogP contribution in [0.4, 0.5) is 0 Å². The average molecular weight is 186 g/mol. The van der Waals surface area contributed by atoms with Crippen LogP contribution in [-0.2, 0) is 4.79 Å². The lowest BCUT2D eigenvalue weighted by molar-refractivity contribution is -0.112. The first kappa shape index (κ1) is 12.2. The second-order valence-corrected chi connectivity index (χ2v) is 2.65. The third-order valence-corrected chi connectivity index (χ3v) is 1.51. The van der Waals surface area contributed by atoms with E-state index >= 15 is 0 Å². The van der Waals surface area contributed by atoms with Crippen LogP contribution in [0.5, 0.6) is 0 Å². The van der Waals surface area contributed by atoms with Gasteiger partial charge in [0.15, 0.2) is 5.78 Å². The maximum absolute atomic E-state index is 10.6. The van der Waals surface area contributed by atoms with Crippen LogP contribution in [0.15, 0.2) is 0 Å². The maximum atomic E-state index is 10.6. The Morgan fingerprint density at radius 1 is 1.23 bits per heavy atom. The molecule has 0 aromatic carbocycles. The summed E-state index contributed by atoms with van der Waals surface area (Å²) in [5.74, 6) is -0.137. The van der Waals surface area contributed by atoms with Gasteiger partial charge in [0.2, 0.25) is 0 Å². The summed E-state index contributed by atoms with van der Waals surface area (Å²) in [5.41, 5.74) is 5.27. The van der Waals surface area contributed by atoms with Gasteiger partial charge in [-0.3, -0.25) is 4.79 Å². The van der Waals surface area contributed by atoms with Crippen molar-refractivity contribution < 1.29 is 4.79 Å². The van der Waals surface area contributed by atoms with Crippen molar-refractivity contribution >= 4 is 12.0 Å². The number of Topliss-reactive ketones (excluding diaryl/α,β-unsaturated/α-hetero) is 1. The number of carbonyl (C=O) groups excluding carboxylic acids is 1. The minimum Gasteiger partial charge on any atom is -0.329 e. The molecular weight excluding hydrogens is 168 g/mol. The van der Waals surface area contributed by atoms with Crippen LogP contribution >= 0.6 is 0 Å². The number of rotatable bonds is 9. The first-order chi connectivity index (χ1) is 6.31. The van der Waals surface area contributed by atoms with Gasteiger partial charge in [-0.25, -0.2) is 0 Å². The van der Waals surface area contributed by atoms with E-state index in [1.807, 2.05) is 0 Å². The largest absolute Gasteiger partial charge is 0.329 e. The molecule has 13 heavy (non-hydrogen) atoms. The van der Waals surface area contributed by atoms with Crippen molar-refractivity contribution in [1.29, 1.82) is 5.41 Å². The minimum atomic E-state index is -0.137. The molecule has 0 fully saturated rings. The van der Waals surface area contributed by atoms with Crippen LogP contribution in [0.3, 0.4) is 0 Å². The van der Waals surface area contributed by atoms with Crippen LogP contribution in [-0.4, -0.2) is 44.7 Å². The summed E-state index contributed by atoms with van der Waals surface area (Å²) in [6, 6.07) is 0. The van der Waals surface area contributed by atoms with Gasteiger partial charge in [0.25, 0.3) is 0 Å². The lowest BCUT2D eigenvalue weighted by Gasteiger charge is -2.03. The summed E-state index contributed by atoms with van der Waals surface area (Å²) in [5, 5.41) is 12.9. The lowest BCUT2D eigenvalue weighted by Crippen LogP contribution is -2.31. The van der Waals surface area contributed by atoms with Crippen molar-refractivity contribution in [3.63, 3.8) is 0 Å². The quantitative estimate of drug-likeness (QED) is 0.267. The summed E-state index contributed by atoms with van der Waals surface area (Å²) in [4.78, 5) is 10.6. The van der Waals surface area contributed by atoms with Gasteiger partial charge in [-0.2, -0.15) is 0 Å². The molecule has 0 spiro atoms. The maximum Gasteiger partial charge on any atom is 0.174 e. The monoisotopic (exact) mass is 186 g/mol. The van der Waals surface area contributed by atoms with Gasteiger partial charge in [0.05, 0.1) is 6.21 Å². The molecule has 0 bridgehead atoms. The molecule has 5 N–H and O–H groups in total. The van der Waals surface area contributed by atoms with Crippen LogP contribution in [0.25, 0.3) is 0 Å². The van der Waals surface area contributed by atoms with Gasteiger partial charge >= 0.3 is 0 Å². The molecule has 0 radical (unpaired) electrons. The molecule has 0 saturated heterocycles. The standard InChI is InChI=1S/C8H18N4O/c9-2-4-12-6-5-11-3-1-8(13)7-10/h7,10-12H,1-6,9H2. The highest BCUT2D eigenvalue weighted by molar-refractivity contribution is 6.26. The van der Waals surface area contributed by atoms with Crippen LogP contribution in [0.1, 0.15) is 6.42 Å². The third-order valence-electron chi connectivity index (χ3n) is 1.51. The molecule has 0 heterocycles. The van der Waals surface area contributed by atoms with Crippen molar-refractivity contribution in [3.05, 3.63) is 0 Å². The van der Waals surface area contributed by atoms with Crippen molar-refractivity contribution in [3.8, 4) is 0 Å². The van der Waals surface area contributed by atoms with E-state index in [-0.39, 0.29) is 5.78 Å². The number of carbonyl (C=O) groups is 1. The van der Waals surface area contributed by atoms with Crippen molar-refractivity contribution in [2.75, 3.05) is 32.7 Å². The topological polar surface area (TPSA) is 91.0 Å². The second-order valence-electron chi connectivity index (χ2n) is 2.65. The molecule has 5 nitrogen and oxygen atoms in total. The minimum absolute atomic E-state index is 0.137. The van der Waals surface area contributed by atoms with Crippen LogP contribution < -0.4 is 16.4 Å². The predicted molar refractivity (Wildman–Crippen MR) is 53.2 cm³/mol. The van der Waals surface area contributed by atoms with Gasteiger partial charge in [-0.15, -0.1) is 0 Å². The van der Waals surface area contributed by atoms with Crippen molar-refractivity contribution in [1.82, 2.24) is 10.6 Å². The van der Waals surface area contributed by atoms with E-state index in [2.05, 4.69) is 10.6 Å². The normalized spacial score (nSPS) is 9.92. The zero-order valence-electron chi connectivity index (χ0n) is 7.81. The molecule has 5 heteroatoms. The van der Waals surface area contributed by atoms with E-state index < -0.39 is 0 Å². The lowest BCUT2D eigenvalue weighted by atomic mass is 10.3. The highest BCUT2D eigenvalue weighted by Gasteiger charge is 1.94. The Labute approximate surface area is 78.6 Å². The van der Waals surface area contributed by atoms with Gasteiger partial charge in [-0.05, 0) is 0 Å². The molecule has 0 unspecified atom stereocenters. The van der Waals surface area contributed by atoms with E-state index in [0.29, 0.717) is 19.5 Å². The highest BCUT2D eigenvalue weighted by Crippen LogP contribution is 1.75. The molecule has 0 aromatic heterocycles. The summed E-state index contributed by atoms with van der Waals surface area (Å²) in [6.07, 6.45) is 1.26. The first-order valence-electron chi connectivity index (χ1n) is 4.46. The predicted octanol–water partition coefficient (Wildman–Crippen LogP) is -1.27. The Morgan fingerprint density at radius 3 is 2.38 bits per heavy atom. The van der Waals surface area contributed by atoms with Gasteiger partial charge in [0, 0.05) is 39.1 Å². The van der Waals surface area contributed by atoms with Gasteiger partial charge in [0.1, 0.15) is 0 Å². The molecule has 0 aliphatic rings. The Hall–Kier alpha value is -0.780. The summed E-state index contributed by atoms with van der Waals surface area (Å²) in [6.45, 7) is 3.78. The SMILES string of the molecule is N=CC(=O)CCNCCNCCN. The average Bonchev–Trinajstić information content (AvgIpc) is 2.16. The fourth-order valence-electron chi connectivity index (χ4n) is 0.813. The summed E-state index contributed by atoms with van der Waals surface area (Å²) >= 11 is 0. The molecule has 0 aliphatic heterocycles. The van der Waals surface area contributed by atoms with Crippen molar-refractivity contribution in [2.45, 2.75) is 6.42 Å². The van der Waals surface area contributed by atoms with Crippen LogP contribution in [0.2, 0.25) is 0 Å². The van der Waals surface area contributed by atoms with Crippen molar-refractivity contribution in [2.24, 2.45) is 5.73 Å². The Kier molecular flexibility index (Phi) is 8.75. The number of hydrogen-bond donors (Lipinski definition) is 4. The zero-order chi connectivity index (χ0) is 9.94. The van der Waals surface area contributed by atoms with E-state index in [0.717, 1.165) is 25.8 Å². The first-order valence-corrected chi connectivity index (χ1v) is 4.46. The molecule has 0 aromatic rings. The van der Waals surface area contributed by atoms with E-state index in [1.165, 1.54) is 0 Å².